The van der Waals surface area contributed by atoms with E-state index < -0.39 is 0 Å². The molecule has 1 aliphatic rings. The molecule has 2 atom stereocenters. The van der Waals surface area contributed by atoms with Gasteiger partial charge in [0.2, 0.25) is 0 Å². The first-order valence-electron chi connectivity index (χ1n) is 5.27. The van der Waals surface area contributed by atoms with Crippen LogP contribution in [0.4, 0.5) is 0 Å². The van der Waals surface area contributed by atoms with Crippen LogP contribution in [0, 0.1) is 5.92 Å². The van der Waals surface area contributed by atoms with Crippen molar-refractivity contribution in [3.63, 3.8) is 0 Å². The maximum Gasteiger partial charge on any atom is 0.0234 e. The highest BCUT2D eigenvalue weighted by Gasteiger charge is 2.25. The van der Waals surface area contributed by atoms with Gasteiger partial charge in [-0.25, -0.2) is 0 Å². The molecule has 1 aromatic carbocycles. The van der Waals surface area contributed by atoms with Crippen molar-refractivity contribution in [2.45, 2.75) is 19.5 Å². The Hall–Kier alpha value is -0.860. The van der Waals surface area contributed by atoms with Gasteiger partial charge in [0.15, 0.2) is 0 Å². The zero-order chi connectivity index (χ0) is 9.97. The van der Waals surface area contributed by atoms with Gasteiger partial charge < -0.3 is 5.73 Å². The first-order valence-corrected chi connectivity index (χ1v) is 5.27. The van der Waals surface area contributed by atoms with Crippen LogP contribution in [-0.2, 0) is 6.54 Å². The first kappa shape index (κ1) is 9.69. The largest absolute Gasteiger partial charge is 0.326 e. The molecule has 0 bridgehead atoms. The second kappa shape index (κ2) is 4.11. The molecule has 2 rings (SSSR count). The van der Waals surface area contributed by atoms with Gasteiger partial charge in [0, 0.05) is 25.7 Å². The fourth-order valence-electron chi connectivity index (χ4n) is 2.07. The number of nitrogens with zero attached hydrogens (tertiary/aromatic N) is 1. The van der Waals surface area contributed by atoms with E-state index in [1.165, 1.54) is 5.56 Å². The molecule has 0 aromatic heterocycles. The highest BCUT2D eigenvalue weighted by Crippen LogP contribution is 2.16. The second-order valence-corrected chi connectivity index (χ2v) is 4.32. The van der Waals surface area contributed by atoms with Crippen LogP contribution in [0.3, 0.4) is 0 Å². The summed E-state index contributed by atoms with van der Waals surface area (Å²) in [5.74, 6) is 0.638. The lowest BCUT2D eigenvalue weighted by Gasteiger charge is -2.14. The minimum absolute atomic E-state index is 0.360. The lowest BCUT2D eigenvalue weighted by Crippen LogP contribution is -2.28. The van der Waals surface area contributed by atoms with Crippen LogP contribution in [0.5, 0.6) is 0 Å². The van der Waals surface area contributed by atoms with E-state index in [1.807, 2.05) is 0 Å². The Morgan fingerprint density at radius 1 is 1.29 bits per heavy atom. The number of nitrogens with two attached hydrogens (primary N) is 1. The van der Waals surface area contributed by atoms with Crippen molar-refractivity contribution >= 4 is 0 Å². The van der Waals surface area contributed by atoms with Gasteiger partial charge in [-0.1, -0.05) is 37.3 Å². The Kier molecular flexibility index (Phi) is 2.85. The highest BCUT2D eigenvalue weighted by atomic mass is 15.2. The Bertz CT molecular complexity index is 274. The van der Waals surface area contributed by atoms with Gasteiger partial charge in [0.1, 0.15) is 0 Å². The molecule has 1 saturated heterocycles. The van der Waals surface area contributed by atoms with Crippen molar-refractivity contribution in [3.05, 3.63) is 35.9 Å². The summed E-state index contributed by atoms with van der Waals surface area (Å²) in [7, 11) is 0. The SMILES string of the molecule is CC1CN(Cc2ccccc2)CC1N. The summed E-state index contributed by atoms with van der Waals surface area (Å²) in [6.45, 7) is 5.45. The van der Waals surface area contributed by atoms with E-state index in [4.69, 9.17) is 5.73 Å². The summed E-state index contributed by atoms with van der Waals surface area (Å²) >= 11 is 0. The third-order valence-electron chi connectivity index (χ3n) is 3.00. The predicted molar refractivity (Wildman–Crippen MR) is 58.9 cm³/mol. The maximum atomic E-state index is 5.98. The third kappa shape index (κ3) is 2.14. The fourth-order valence-corrected chi connectivity index (χ4v) is 2.07. The number of likely N-dealkylation sites (tertiary alicyclic amines) is 1. The Morgan fingerprint density at radius 3 is 2.57 bits per heavy atom. The van der Waals surface area contributed by atoms with Crippen molar-refractivity contribution in [1.82, 2.24) is 4.90 Å². The smallest absolute Gasteiger partial charge is 0.0234 e. The van der Waals surface area contributed by atoms with Gasteiger partial charge in [-0.3, -0.25) is 4.90 Å². The molecule has 2 N–H and O–H groups in total. The van der Waals surface area contributed by atoms with E-state index in [9.17, 15) is 0 Å². The molecule has 2 unspecified atom stereocenters. The van der Waals surface area contributed by atoms with E-state index in [-0.39, 0.29) is 0 Å². The maximum absolute atomic E-state index is 5.98. The summed E-state index contributed by atoms with van der Waals surface area (Å²) in [6, 6.07) is 11.0. The van der Waals surface area contributed by atoms with Crippen molar-refractivity contribution in [2.75, 3.05) is 13.1 Å². The molecule has 0 radical (unpaired) electrons. The second-order valence-electron chi connectivity index (χ2n) is 4.32. The molecular formula is C12H18N2. The first-order chi connectivity index (χ1) is 6.75. The zero-order valence-corrected chi connectivity index (χ0v) is 8.69. The van der Waals surface area contributed by atoms with Crippen LogP contribution in [0.25, 0.3) is 0 Å². The average Bonchev–Trinajstić information content (AvgIpc) is 2.47. The van der Waals surface area contributed by atoms with Gasteiger partial charge in [-0.15, -0.1) is 0 Å². The third-order valence-corrected chi connectivity index (χ3v) is 3.00. The fraction of sp³-hybridized carbons (Fsp3) is 0.500. The molecule has 1 aromatic rings. The summed E-state index contributed by atoms with van der Waals surface area (Å²) in [6.07, 6.45) is 0. The molecule has 0 saturated carbocycles. The van der Waals surface area contributed by atoms with Crippen molar-refractivity contribution < 1.29 is 0 Å². The highest BCUT2D eigenvalue weighted by molar-refractivity contribution is 5.14. The minimum atomic E-state index is 0.360. The number of hydrogen-bond donors (Lipinski definition) is 1. The van der Waals surface area contributed by atoms with Gasteiger partial charge >= 0.3 is 0 Å². The van der Waals surface area contributed by atoms with Crippen LogP contribution >= 0.6 is 0 Å². The summed E-state index contributed by atoms with van der Waals surface area (Å²) in [5, 5.41) is 0. The molecule has 0 spiro atoms. The molecule has 1 aliphatic heterocycles. The van der Waals surface area contributed by atoms with Gasteiger partial charge in [-0.2, -0.15) is 0 Å². The van der Waals surface area contributed by atoms with E-state index in [1.54, 1.807) is 0 Å². The van der Waals surface area contributed by atoms with Crippen molar-refractivity contribution in [1.29, 1.82) is 0 Å². The standard InChI is InChI=1S/C12H18N2/c1-10-7-14(9-12(10)13)8-11-5-3-2-4-6-11/h2-6,10,12H,7-9,13H2,1H3. The predicted octanol–water partition coefficient (Wildman–Crippen LogP) is 1.47. The van der Waals surface area contributed by atoms with Crippen LogP contribution in [0.2, 0.25) is 0 Å². The summed E-state index contributed by atoms with van der Waals surface area (Å²) in [4.78, 5) is 2.44. The van der Waals surface area contributed by atoms with E-state index >= 15 is 0 Å². The monoisotopic (exact) mass is 190 g/mol. The molecular weight excluding hydrogens is 172 g/mol. The van der Waals surface area contributed by atoms with Gasteiger partial charge in [0.05, 0.1) is 0 Å². The van der Waals surface area contributed by atoms with Crippen LogP contribution in [0.1, 0.15) is 12.5 Å². The molecule has 2 heteroatoms. The molecule has 0 amide bonds. The molecule has 0 aliphatic carbocycles. The van der Waals surface area contributed by atoms with Gasteiger partial charge in [-0.05, 0) is 11.5 Å². The van der Waals surface area contributed by atoms with Crippen LogP contribution in [0.15, 0.2) is 30.3 Å². The average molecular weight is 190 g/mol. The lowest BCUT2D eigenvalue weighted by molar-refractivity contribution is 0.319. The Morgan fingerprint density at radius 2 is 2.00 bits per heavy atom. The lowest BCUT2D eigenvalue weighted by atomic mass is 10.1. The number of hydrogen-bond acceptors (Lipinski definition) is 2. The minimum Gasteiger partial charge on any atom is -0.326 e. The van der Waals surface area contributed by atoms with Crippen molar-refractivity contribution in [2.24, 2.45) is 11.7 Å². The van der Waals surface area contributed by atoms with Crippen LogP contribution in [-0.4, -0.2) is 24.0 Å². The summed E-state index contributed by atoms with van der Waals surface area (Å²) in [5.41, 5.74) is 7.36. The molecule has 1 heterocycles. The molecule has 76 valence electrons. The molecule has 2 nitrogen and oxygen atoms in total. The van der Waals surface area contributed by atoms with Crippen molar-refractivity contribution in [3.8, 4) is 0 Å². The number of benzene rings is 1. The molecule has 14 heavy (non-hydrogen) atoms. The van der Waals surface area contributed by atoms with E-state index in [0.29, 0.717) is 12.0 Å². The quantitative estimate of drug-likeness (QED) is 0.765. The van der Waals surface area contributed by atoms with E-state index in [2.05, 4.69) is 42.2 Å². The Labute approximate surface area is 85.7 Å². The van der Waals surface area contributed by atoms with E-state index in [0.717, 1.165) is 19.6 Å². The molecule has 1 fully saturated rings. The normalized spacial score (nSPS) is 28.1. The van der Waals surface area contributed by atoms with Crippen LogP contribution < -0.4 is 5.73 Å². The number of rotatable bonds is 2. The topological polar surface area (TPSA) is 29.3 Å². The summed E-state index contributed by atoms with van der Waals surface area (Å²) < 4.78 is 0. The zero-order valence-electron chi connectivity index (χ0n) is 8.69. The van der Waals surface area contributed by atoms with Gasteiger partial charge in [0.25, 0.3) is 0 Å². The Balaban J connectivity index is 1.94.